The van der Waals surface area contributed by atoms with E-state index in [1.165, 1.54) is 12.1 Å². The molecule has 1 fully saturated rings. The SMILES string of the molecule is N#C/C(C(N)=NC1CCCC1)=C(/N)c1ccc(Br)cc1F. The van der Waals surface area contributed by atoms with Crippen LogP contribution in [0.4, 0.5) is 4.39 Å². The fourth-order valence-corrected chi connectivity index (χ4v) is 2.73. The molecular weight excluding hydrogens is 335 g/mol. The van der Waals surface area contributed by atoms with Crippen molar-refractivity contribution in [3.8, 4) is 6.07 Å². The number of hydrogen-bond acceptors (Lipinski definition) is 3. The van der Waals surface area contributed by atoms with Gasteiger partial charge in [-0.05, 0) is 31.0 Å². The predicted molar refractivity (Wildman–Crippen MR) is 84.7 cm³/mol. The lowest BCUT2D eigenvalue weighted by molar-refractivity contribution is 0.623. The molecule has 2 rings (SSSR count). The van der Waals surface area contributed by atoms with E-state index in [9.17, 15) is 9.65 Å². The normalized spacial score (nSPS) is 17.5. The first-order valence-corrected chi connectivity index (χ1v) is 7.51. The molecule has 1 aliphatic rings. The average molecular weight is 351 g/mol. The van der Waals surface area contributed by atoms with Gasteiger partial charge in [0.05, 0.1) is 11.7 Å². The van der Waals surface area contributed by atoms with Gasteiger partial charge in [0.1, 0.15) is 23.3 Å². The van der Waals surface area contributed by atoms with Gasteiger partial charge in [0.25, 0.3) is 0 Å². The predicted octanol–water partition coefficient (Wildman–Crippen LogP) is 3.08. The lowest BCUT2D eigenvalue weighted by Gasteiger charge is -2.09. The molecule has 1 aromatic rings. The second-order valence-corrected chi connectivity index (χ2v) is 5.89. The minimum Gasteiger partial charge on any atom is -0.397 e. The van der Waals surface area contributed by atoms with E-state index in [0.717, 1.165) is 25.7 Å². The van der Waals surface area contributed by atoms with E-state index in [1.54, 1.807) is 6.07 Å². The zero-order chi connectivity index (χ0) is 15.4. The number of halogens is 2. The zero-order valence-corrected chi connectivity index (χ0v) is 13.0. The fraction of sp³-hybridized carbons (Fsp3) is 0.333. The lowest BCUT2D eigenvalue weighted by Crippen LogP contribution is -2.21. The number of aliphatic imine (C=N–C) groups is 1. The number of rotatable bonds is 3. The molecule has 0 bridgehead atoms. The summed E-state index contributed by atoms with van der Waals surface area (Å²) in [5.41, 5.74) is 12.0. The molecule has 0 aliphatic heterocycles. The van der Waals surface area contributed by atoms with E-state index in [-0.39, 0.29) is 28.7 Å². The van der Waals surface area contributed by atoms with E-state index in [4.69, 9.17) is 11.5 Å². The summed E-state index contributed by atoms with van der Waals surface area (Å²) in [6, 6.07) is 6.53. The van der Waals surface area contributed by atoms with Crippen LogP contribution in [-0.4, -0.2) is 11.9 Å². The van der Waals surface area contributed by atoms with Crippen molar-refractivity contribution < 1.29 is 4.39 Å². The molecule has 6 heteroatoms. The second kappa shape index (κ2) is 6.72. The Morgan fingerprint density at radius 2 is 2.00 bits per heavy atom. The molecule has 110 valence electrons. The minimum atomic E-state index is -0.511. The average Bonchev–Trinajstić information content (AvgIpc) is 2.92. The molecule has 0 saturated heterocycles. The van der Waals surface area contributed by atoms with Gasteiger partial charge in [-0.3, -0.25) is 4.99 Å². The first-order chi connectivity index (χ1) is 10.0. The van der Waals surface area contributed by atoms with Crippen LogP contribution in [0.2, 0.25) is 0 Å². The van der Waals surface area contributed by atoms with E-state index >= 15 is 0 Å². The Balaban J connectivity index is 2.39. The molecule has 0 amide bonds. The van der Waals surface area contributed by atoms with Crippen molar-refractivity contribution in [3.63, 3.8) is 0 Å². The maximum atomic E-state index is 13.9. The van der Waals surface area contributed by atoms with Crippen molar-refractivity contribution in [3.05, 3.63) is 39.6 Å². The van der Waals surface area contributed by atoms with Crippen LogP contribution >= 0.6 is 15.9 Å². The largest absolute Gasteiger partial charge is 0.397 e. The number of nitriles is 1. The smallest absolute Gasteiger partial charge is 0.138 e. The van der Waals surface area contributed by atoms with E-state index < -0.39 is 5.82 Å². The van der Waals surface area contributed by atoms with Crippen LogP contribution in [0, 0.1) is 17.1 Å². The summed E-state index contributed by atoms with van der Waals surface area (Å²) in [5.74, 6) is -0.424. The van der Waals surface area contributed by atoms with Crippen molar-refractivity contribution in [2.24, 2.45) is 16.5 Å². The van der Waals surface area contributed by atoms with Crippen molar-refractivity contribution in [1.82, 2.24) is 0 Å². The van der Waals surface area contributed by atoms with Gasteiger partial charge in [-0.15, -0.1) is 0 Å². The molecule has 21 heavy (non-hydrogen) atoms. The highest BCUT2D eigenvalue weighted by molar-refractivity contribution is 9.10. The lowest BCUT2D eigenvalue weighted by atomic mass is 10.1. The molecule has 0 heterocycles. The number of benzene rings is 1. The van der Waals surface area contributed by atoms with Crippen molar-refractivity contribution in [2.75, 3.05) is 0 Å². The Kier molecular flexibility index (Phi) is 4.97. The van der Waals surface area contributed by atoms with Gasteiger partial charge in [-0.25, -0.2) is 4.39 Å². The van der Waals surface area contributed by atoms with Crippen LogP contribution in [0.15, 0.2) is 33.2 Å². The standard InChI is InChI=1S/C15H16BrFN4/c16-9-5-6-11(13(17)7-9)14(19)12(8-18)15(20)21-10-3-1-2-4-10/h5-7,10H,1-4,19H2,(H2,20,21)/b14-12-. The summed E-state index contributed by atoms with van der Waals surface area (Å²) in [7, 11) is 0. The van der Waals surface area contributed by atoms with Crippen LogP contribution in [0.1, 0.15) is 31.2 Å². The molecule has 0 unspecified atom stereocenters. The van der Waals surface area contributed by atoms with Gasteiger partial charge in [-0.2, -0.15) is 5.26 Å². The van der Waals surface area contributed by atoms with Crippen LogP contribution in [0.3, 0.4) is 0 Å². The van der Waals surface area contributed by atoms with Crippen molar-refractivity contribution >= 4 is 27.5 Å². The highest BCUT2D eigenvalue weighted by atomic mass is 79.9. The van der Waals surface area contributed by atoms with E-state index in [0.29, 0.717) is 4.47 Å². The van der Waals surface area contributed by atoms with Crippen molar-refractivity contribution in [1.29, 1.82) is 5.26 Å². The Morgan fingerprint density at radius 3 is 2.57 bits per heavy atom. The van der Waals surface area contributed by atoms with Crippen LogP contribution in [-0.2, 0) is 0 Å². The first kappa shape index (κ1) is 15.5. The molecule has 1 saturated carbocycles. The van der Waals surface area contributed by atoms with Gasteiger partial charge >= 0.3 is 0 Å². The van der Waals surface area contributed by atoms with Crippen LogP contribution in [0.25, 0.3) is 5.70 Å². The van der Waals surface area contributed by atoms with E-state index in [2.05, 4.69) is 20.9 Å². The summed E-state index contributed by atoms with van der Waals surface area (Å²) in [6.45, 7) is 0. The zero-order valence-electron chi connectivity index (χ0n) is 11.4. The third kappa shape index (κ3) is 3.61. The molecule has 4 N–H and O–H groups in total. The van der Waals surface area contributed by atoms with Gasteiger partial charge in [0, 0.05) is 10.0 Å². The third-order valence-corrected chi connectivity index (χ3v) is 4.00. The van der Waals surface area contributed by atoms with E-state index in [1.807, 2.05) is 6.07 Å². The topological polar surface area (TPSA) is 88.2 Å². The highest BCUT2D eigenvalue weighted by Gasteiger charge is 2.18. The quantitative estimate of drug-likeness (QED) is 0.498. The molecule has 1 aliphatic carbocycles. The van der Waals surface area contributed by atoms with Crippen LogP contribution < -0.4 is 11.5 Å². The number of nitrogens with two attached hydrogens (primary N) is 2. The second-order valence-electron chi connectivity index (χ2n) is 4.98. The highest BCUT2D eigenvalue weighted by Crippen LogP contribution is 2.23. The summed E-state index contributed by atoms with van der Waals surface area (Å²) in [4.78, 5) is 4.34. The fourth-order valence-electron chi connectivity index (χ4n) is 2.39. The Bertz CT molecular complexity index is 640. The maximum absolute atomic E-state index is 13.9. The summed E-state index contributed by atoms with van der Waals surface area (Å²) < 4.78 is 14.5. The Hall–Kier alpha value is -1.87. The number of hydrogen-bond donors (Lipinski definition) is 2. The molecule has 0 atom stereocenters. The molecule has 1 aromatic carbocycles. The van der Waals surface area contributed by atoms with Crippen molar-refractivity contribution in [2.45, 2.75) is 31.7 Å². The third-order valence-electron chi connectivity index (χ3n) is 3.50. The Morgan fingerprint density at radius 1 is 1.33 bits per heavy atom. The number of amidine groups is 1. The van der Waals surface area contributed by atoms with Gasteiger partial charge < -0.3 is 11.5 Å². The van der Waals surface area contributed by atoms with Gasteiger partial charge in [0.15, 0.2) is 0 Å². The van der Waals surface area contributed by atoms with Gasteiger partial charge in [0.2, 0.25) is 0 Å². The molecular formula is C15H16BrFN4. The maximum Gasteiger partial charge on any atom is 0.138 e. The summed E-state index contributed by atoms with van der Waals surface area (Å²) in [5, 5.41) is 9.27. The summed E-state index contributed by atoms with van der Waals surface area (Å²) >= 11 is 3.18. The number of nitrogens with zero attached hydrogens (tertiary/aromatic N) is 2. The van der Waals surface area contributed by atoms with Gasteiger partial charge in [-0.1, -0.05) is 28.8 Å². The summed E-state index contributed by atoms with van der Waals surface area (Å²) in [6.07, 6.45) is 4.16. The first-order valence-electron chi connectivity index (χ1n) is 6.72. The Labute approximate surface area is 131 Å². The molecule has 0 spiro atoms. The monoisotopic (exact) mass is 350 g/mol. The molecule has 0 radical (unpaired) electrons. The molecule has 0 aromatic heterocycles. The molecule has 4 nitrogen and oxygen atoms in total. The van der Waals surface area contributed by atoms with Crippen LogP contribution in [0.5, 0.6) is 0 Å². The minimum absolute atomic E-state index is 0.0155.